The molecule has 0 amide bonds. The van der Waals surface area contributed by atoms with Crippen LogP contribution in [0.5, 0.6) is 11.8 Å². The number of para-hydroxylation sites is 2. The van der Waals surface area contributed by atoms with Gasteiger partial charge in [0.1, 0.15) is 6.54 Å². The molecular weight excluding hydrogens is 550 g/mol. The van der Waals surface area contributed by atoms with E-state index in [0.29, 0.717) is 6.42 Å². The summed E-state index contributed by atoms with van der Waals surface area (Å²) in [5.41, 5.74) is 7.56. The van der Waals surface area contributed by atoms with Gasteiger partial charge in [0.05, 0.1) is 5.41 Å². The fourth-order valence-electron chi connectivity index (χ4n) is 6.58. The molecule has 44 heavy (non-hydrogen) atoms. The second-order valence-corrected chi connectivity index (χ2v) is 12.5. The number of nitrogens with zero attached hydrogens (tertiary/aromatic N) is 3. The van der Waals surface area contributed by atoms with Crippen LogP contribution < -0.4 is 9.74 Å². The van der Waals surface area contributed by atoms with E-state index >= 15 is 0 Å². The molecule has 1 aromatic heterocycles. The van der Waals surface area contributed by atoms with Gasteiger partial charge in [0.15, 0.2) is 5.71 Å². The molecule has 2 aliphatic heterocycles. The van der Waals surface area contributed by atoms with Crippen molar-refractivity contribution in [3.8, 4) is 11.8 Å². The smallest absolute Gasteiger partial charge is 0.333 e. The molecule has 2 N–H and O–H groups in total. The predicted molar refractivity (Wildman–Crippen MR) is 176 cm³/mol. The Kier molecular flexibility index (Phi) is 8.86. The van der Waals surface area contributed by atoms with E-state index in [1.807, 2.05) is 0 Å². The molecule has 0 saturated heterocycles. The third-order valence-corrected chi connectivity index (χ3v) is 8.90. The van der Waals surface area contributed by atoms with E-state index in [1.54, 1.807) is 0 Å². The van der Waals surface area contributed by atoms with Crippen LogP contribution in [0.1, 0.15) is 71.4 Å². The SMILES string of the molecule is CCN1/C(=C/C=C/C=C/C2=[N+](CCCCCC(=O)On3c(O)ccc3O)c3ccccc3C2(C)C)C(C)(C)c2ccccc21. The molecule has 7 heteroatoms. The van der Waals surface area contributed by atoms with Gasteiger partial charge in [-0.05, 0) is 51.3 Å². The second-order valence-electron chi connectivity index (χ2n) is 12.5. The van der Waals surface area contributed by atoms with Crippen molar-refractivity contribution >= 4 is 23.1 Å². The van der Waals surface area contributed by atoms with E-state index in [1.165, 1.54) is 46.0 Å². The van der Waals surface area contributed by atoms with Gasteiger partial charge in [-0.15, -0.1) is 4.73 Å². The first-order valence-electron chi connectivity index (χ1n) is 15.5. The molecule has 0 radical (unpaired) electrons. The number of hydrogen-bond acceptors (Lipinski definition) is 5. The normalized spacial score (nSPS) is 17.7. The Hall–Kier alpha value is -4.52. The Morgan fingerprint density at radius 2 is 1.52 bits per heavy atom. The summed E-state index contributed by atoms with van der Waals surface area (Å²) < 4.78 is 3.14. The summed E-state index contributed by atoms with van der Waals surface area (Å²) in [6.45, 7) is 13.1. The minimum absolute atomic E-state index is 0.0517. The van der Waals surface area contributed by atoms with E-state index in [2.05, 4.69) is 123 Å². The van der Waals surface area contributed by atoms with E-state index in [-0.39, 0.29) is 29.0 Å². The van der Waals surface area contributed by atoms with E-state index < -0.39 is 5.97 Å². The molecule has 0 aliphatic carbocycles. The van der Waals surface area contributed by atoms with Gasteiger partial charge in [-0.1, -0.05) is 68.5 Å². The van der Waals surface area contributed by atoms with Crippen molar-refractivity contribution in [2.24, 2.45) is 0 Å². The highest BCUT2D eigenvalue weighted by molar-refractivity contribution is 6.03. The van der Waals surface area contributed by atoms with Crippen molar-refractivity contribution in [1.29, 1.82) is 0 Å². The molecule has 230 valence electrons. The number of fused-ring (bicyclic) bond motifs is 2. The summed E-state index contributed by atoms with van der Waals surface area (Å²) in [5.74, 6) is -1.13. The number of carbonyl (C=O) groups is 1. The number of allylic oxidation sites excluding steroid dienone is 6. The van der Waals surface area contributed by atoms with Crippen molar-refractivity contribution in [2.45, 2.75) is 71.1 Å². The summed E-state index contributed by atoms with van der Waals surface area (Å²) in [5, 5.41) is 19.4. The Morgan fingerprint density at radius 3 is 2.25 bits per heavy atom. The third-order valence-electron chi connectivity index (χ3n) is 8.90. The van der Waals surface area contributed by atoms with Crippen LogP contribution >= 0.6 is 0 Å². The Balaban J connectivity index is 1.26. The minimum Gasteiger partial charge on any atom is -0.492 e. The maximum atomic E-state index is 12.2. The molecule has 2 aliphatic rings. The van der Waals surface area contributed by atoms with Gasteiger partial charge >= 0.3 is 5.97 Å². The standard InChI is InChI=1S/C37H43N3O4/c1-6-38-29-19-14-12-17-27(29)36(2,3)31(38)21-9-7-10-22-32-37(4,5)28-18-13-15-20-30(28)39(32)26-16-8-11-23-35(43)44-40-33(41)24-25-34(40)42/h7,9-10,12-15,17-22,24-25H,6,8,11,16,23,26H2,1-5H3,(H-,41,42)/p+1. The van der Waals surface area contributed by atoms with Gasteiger partial charge in [-0.3, -0.25) is 0 Å². The van der Waals surface area contributed by atoms with Crippen molar-refractivity contribution in [3.05, 3.63) is 108 Å². The molecule has 2 aromatic carbocycles. The highest BCUT2D eigenvalue weighted by Crippen LogP contribution is 2.47. The Labute approximate surface area is 260 Å². The van der Waals surface area contributed by atoms with Gasteiger partial charge in [-0.2, -0.15) is 4.58 Å². The van der Waals surface area contributed by atoms with Crippen LogP contribution in [-0.4, -0.2) is 44.3 Å². The maximum absolute atomic E-state index is 12.2. The molecule has 0 unspecified atom stereocenters. The Bertz CT molecular complexity index is 1630. The van der Waals surface area contributed by atoms with Crippen LogP contribution in [0.2, 0.25) is 0 Å². The van der Waals surface area contributed by atoms with Gasteiger partial charge < -0.3 is 20.0 Å². The molecule has 0 atom stereocenters. The lowest BCUT2D eigenvalue weighted by atomic mass is 9.81. The number of likely N-dealkylation sites (N-methyl/N-ethyl adjacent to an activating group) is 1. The molecule has 0 saturated carbocycles. The number of rotatable bonds is 11. The van der Waals surface area contributed by atoms with Crippen LogP contribution in [0.15, 0.2) is 96.7 Å². The first-order valence-corrected chi connectivity index (χ1v) is 15.5. The zero-order chi connectivity index (χ0) is 31.5. The lowest BCUT2D eigenvalue weighted by Gasteiger charge is -2.25. The van der Waals surface area contributed by atoms with Gasteiger partial charge in [0.25, 0.3) is 0 Å². The zero-order valence-electron chi connectivity index (χ0n) is 26.5. The second kappa shape index (κ2) is 12.6. The average Bonchev–Trinajstić information content (AvgIpc) is 3.52. The number of hydrogen-bond donors (Lipinski definition) is 2. The minimum atomic E-state index is -0.497. The number of carbonyl (C=O) groups excluding carboxylic acids is 1. The molecule has 0 fully saturated rings. The van der Waals surface area contributed by atoms with Crippen molar-refractivity contribution in [1.82, 2.24) is 4.73 Å². The average molecular weight is 595 g/mol. The fraction of sp³-hybridized carbons (Fsp3) is 0.351. The van der Waals surface area contributed by atoms with Crippen LogP contribution in [0.3, 0.4) is 0 Å². The van der Waals surface area contributed by atoms with E-state index in [9.17, 15) is 15.0 Å². The maximum Gasteiger partial charge on any atom is 0.333 e. The fourth-order valence-corrected chi connectivity index (χ4v) is 6.58. The van der Waals surface area contributed by atoms with Crippen LogP contribution in [0.4, 0.5) is 11.4 Å². The van der Waals surface area contributed by atoms with Crippen LogP contribution in [0, 0.1) is 0 Å². The van der Waals surface area contributed by atoms with E-state index in [4.69, 9.17) is 4.84 Å². The topological polar surface area (TPSA) is 77.9 Å². The zero-order valence-corrected chi connectivity index (χ0v) is 26.5. The number of aromatic hydroxyl groups is 2. The summed E-state index contributed by atoms with van der Waals surface area (Å²) in [6, 6.07) is 19.8. The van der Waals surface area contributed by atoms with Gasteiger partial charge in [-0.25, -0.2) is 4.79 Å². The Morgan fingerprint density at radius 1 is 0.841 bits per heavy atom. The number of aromatic nitrogens is 1. The summed E-state index contributed by atoms with van der Waals surface area (Å²) in [7, 11) is 0. The molecule has 7 nitrogen and oxygen atoms in total. The highest BCUT2D eigenvalue weighted by Gasteiger charge is 2.43. The molecule has 3 aromatic rings. The largest absolute Gasteiger partial charge is 0.492 e. The molecule has 5 rings (SSSR count). The molecular formula is C37H44N3O4+. The number of benzene rings is 2. The van der Waals surface area contributed by atoms with Crippen LogP contribution in [-0.2, 0) is 15.6 Å². The van der Waals surface area contributed by atoms with Gasteiger partial charge in [0.2, 0.25) is 17.4 Å². The quantitative estimate of drug-likeness (QED) is 0.138. The van der Waals surface area contributed by atoms with Crippen molar-refractivity contribution in [2.75, 3.05) is 18.0 Å². The third kappa shape index (κ3) is 5.83. The first kappa shape index (κ1) is 30.9. The van der Waals surface area contributed by atoms with Crippen molar-refractivity contribution in [3.63, 3.8) is 0 Å². The lowest BCUT2D eigenvalue weighted by Crippen LogP contribution is -2.27. The molecule has 0 bridgehead atoms. The summed E-state index contributed by atoms with van der Waals surface area (Å²) in [4.78, 5) is 19.7. The lowest BCUT2D eigenvalue weighted by molar-refractivity contribution is -0.438. The van der Waals surface area contributed by atoms with Crippen molar-refractivity contribution < 1.29 is 24.4 Å². The highest BCUT2D eigenvalue weighted by atomic mass is 16.7. The number of anilines is 1. The van der Waals surface area contributed by atoms with Gasteiger partial charge in [0, 0.05) is 66.0 Å². The van der Waals surface area contributed by atoms with E-state index in [0.717, 1.165) is 30.7 Å². The molecule has 3 heterocycles. The number of unbranched alkanes of at least 4 members (excludes halogenated alkanes) is 2. The monoisotopic (exact) mass is 594 g/mol. The summed E-state index contributed by atoms with van der Waals surface area (Å²) >= 11 is 0. The predicted octanol–water partition coefficient (Wildman–Crippen LogP) is 7.31. The van der Waals surface area contributed by atoms with Crippen LogP contribution in [0.25, 0.3) is 0 Å². The first-order chi connectivity index (χ1) is 21.1. The summed E-state index contributed by atoms with van der Waals surface area (Å²) in [6.07, 6.45) is 13.5. The molecule has 0 spiro atoms.